The van der Waals surface area contributed by atoms with Crippen molar-refractivity contribution in [2.75, 3.05) is 18.4 Å². The molecule has 2 aromatic heterocycles. The van der Waals surface area contributed by atoms with Gasteiger partial charge in [-0.05, 0) is 56.2 Å². The maximum Gasteiger partial charge on any atom is 0.290 e. The molecule has 1 saturated heterocycles. The smallest absolute Gasteiger partial charge is 0.290 e. The summed E-state index contributed by atoms with van der Waals surface area (Å²) < 4.78 is 1.66. The monoisotopic (exact) mass is 376 g/mol. The average Bonchev–Trinajstić information content (AvgIpc) is 3.36. The van der Waals surface area contributed by atoms with E-state index in [-0.39, 0.29) is 23.2 Å². The van der Waals surface area contributed by atoms with Crippen molar-refractivity contribution in [1.82, 2.24) is 14.3 Å². The molecule has 1 aliphatic rings. The SMILES string of the molecule is CC(=O)c1ccc(NC(=O)c2nc(C(=O)N3CCCC3)n3ccccc23)cc1. The van der Waals surface area contributed by atoms with E-state index in [2.05, 4.69) is 10.3 Å². The molecule has 1 aromatic carbocycles. The van der Waals surface area contributed by atoms with Gasteiger partial charge in [0, 0.05) is 30.5 Å². The number of rotatable bonds is 4. The first kappa shape index (κ1) is 17.9. The van der Waals surface area contributed by atoms with Crippen molar-refractivity contribution < 1.29 is 14.4 Å². The fraction of sp³-hybridized carbons (Fsp3) is 0.238. The Labute approximate surface area is 162 Å². The Hall–Kier alpha value is -3.48. The van der Waals surface area contributed by atoms with Crippen LogP contribution < -0.4 is 5.32 Å². The number of benzene rings is 1. The molecule has 1 fully saturated rings. The van der Waals surface area contributed by atoms with E-state index in [4.69, 9.17) is 0 Å². The van der Waals surface area contributed by atoms with Crippen LogP contribution >= 0.6 is 0 Å². The molecular weight excluding hydrogens is 356 g/mol. The molecular formula is C21H20N4O3. The van der Waals surface area contributed by atoms with Crippen LogP contribution in [0.25, 0.3) is 5.52 Å². The van der Waals surface area contributed by atoms with Gasteiger partial charge in [0.05, 0.1) is 5.52 Å². The van der Waals surface area contributed by atoms with E-state index in [1.807, 2.05) is 0 Å². The van der Waals surface area contributed by atoms with Crippen LogP contribution in [0.5, 0.6) is 0 Å². The fourth-order valence-corrected chi connectivity index (χ4v) is 3.40. The number of nitrogens with one attached hydrogen (secondary N) is 1. The number of ketones is 1. The van der Waals surface area contributed by atoms with Crippen LogP contribution in [0.3, 0.4) is 0 Å². The van der Waals surface area contributed by atoms with Crippen LogP contribution in [0, 0.1) is 0 Å². The number of carbonyl (C=O) groups excluding carboxylic acids is 3. The minimum absolute atomic E-state index is 0.0389. The molecule has 7 heteroatoms. The molecule has 142 valence electrons. The van der Waals surface area contributed by atoms with Gasteiger partial charge >= 0.3 is 0 Å². The van der Waals surface area contributed by atoms with Gasteiger partial charge in [0.1, 0.15) is 0 Å². The molecule has 0 saturated carbocycles. The van der Waals surface area contributed by atoms with E-state index in [0.717, 1.165) is 12.8 Å². The molecule has 7 nitrogen and oxygen atoms in total. The maximum absolute atomic E-state index is 12.8. The predicted molar refractivity (Wildman–Crippen MR) is 105 cm³/mol. The number of Topliss-reactive ketones (excluding diaryl/α,β-unsaturated/α-hetero) is 1. The van der Waals surface area contributed by atoms with Gasteiger partial charge in [-0.3, -0.25) is 18.8 Å². The molecule has 1 N–H and O–H groups in total. The second-order valence-corrected chi connectivity index (χ2v) is 6.83. The van der Waals surface area contributed by atoms with Crippen molar-refractivity contribution in [3.8, 4) is 0 Å². The number of hydrogen-bond donors (Lipinski definition) is 1. The predicted octanol–water partition coefficient (Wildman–Crippen LogP) is 3.03. The number of pyridine rings is 1. The van der Waals surface area contributed by atoms with Gasteiger partial charge in [0.2, 0.25) is 5.82 Å². The number of nitrogens with zero attached hydrogens (tertiary/aromatic N) is 3. The van der Waals surface area contributed by atoms with Gasteiger partial charge in [0.25, 0.3) is 11.8 Å². The van der Waals surface area contributed by atoms with Crippen molar-refractivity contribution in [3.63, 3.8) is 0 Å². The standard InChI is InChI=1S/C21H20N4O3/c1-14(26)15-7-9-16(10-8-15)22-20(27)18-17-6-2-3-13-25(17)19(23-18)21(28)24-11-4-5-12-24/h2-3,6-10,13H,4-5,11-12H2,1H3,(H,22,27). The lowest BCUT2D eigenvalue weighted by Gasteiger charge is -2.13. The van der Waals surface area contributed by atoms with E-state index < -0.39 is 5.91 Å². The Morgan fingerprint density at radius 1 is 1.00 bits per heavy atom. The highest BCUT2D eigenvalue weighted by Gasteiger charge is 2.26. The maximum atomic E-state index is 12.8. The number of aromatic nitrogens is 2. The largest absolute Gasteiger partial charge is 0.336 e. The Morgan fingerprint density at radius 2 is 1.71 bits per heavy atom. The summed E-state index contributed by atoms with van der Waals surface area (Å²) >= 11 is 0. The summed E-state index contributed by atoms with van der Waals surface area (Å²) in [6.07, 6.45) is 3.71. The van der Waals surface area contributed by atoms with Gasteiger partial charge in [-0.1, -0.05) is 6.07 Å². The molecule has 3 heterocycles. The summed E-state index contributed by atoms with van der Waals surface area (Å²) in [6.45, 7) is 2.92. The number of anilines is 1. The summed E-state index contributed by atoms with van der Waals surface area (Å²) in [5, 5.41) is 2.79. The number of carbonyl (C=O) groups is 3. The van der Waals surface area contributed by atoms with Crippen molar-refractivity contribution in [2.24, 2.45) is 0 Å². The van der Waals surface area contributed by atoms with Crippen LogP contribution in [-0.4, -0.2) is 45.0 Å². The Balaban J connectivity index is 1.65. The van der Waals surface area contributed by atoms with Crippen molar-refractivity contribution in [2.45, 2.75) is 19.8 Å². The van der Waals surface area contributed by atoms with Gasteiger partial charge in [-0.25, -0.2) is 4.98 Å². The lowest BCUT2D eigenvalue weighted by atomic mass is 10.1. The lowest BCUT2D eigenvalue weighted by Crippen LogP contribution is -2.29. The zero-order valence-electron chi connectivity index (χ0n) is 15.5. The Kier molecular flexibility index (Phi) is 4.65. The molecule has 4 rings (SSSR count). The van der Waals surface area contributed by atoms with Gasteiger partial charge in [0.15, 0.2) is 11.5 Å². The van der Waals surface area contributed by atoms with Crippen molar-refractivity contribution in [3.05, 3.63) is 65.7 Å². The molecule has 1 aliphatic heterocycles. The molecule has 0 aliphatic carbocycles. The topological polar surface area (TPSA) is 83.8 Å². The second-order valence-electron chi connectivity index (χ2n) is 6.83. The number of hydrogen-bond acceptors (Lipinski definition) is 4. The minimum atomic E-state index is -0.403. The summed E-state index contributed by atoms with van der Waals surface area (Å²) in [7, 11) is 0. The third-order valence-electron chi connectivity index (χ3n) is 4.90. The van der Waals surface area contributed by atoms with Crippen LogP contribution in [0.2, 0.25) is 0 Å². The average molecular weight is 376 g/mol. The highest BCUT2D eigenvalue weighted by atomic mass is 16.2. The first-order chi connectivity index (χ1) is 13.5. The molecule has 28 heavy (non-hydrogen) atoms. The third kappa shape index (κ3) is 3.26. The minimum Gasteiger partial charge on any atom is -0.336 e. The molecule has 0 atom stereocenters. The van der Waals surface area contributed by atoms with Crippen LogP contribution in [-0.2, 0) is 0 Å². The first-order valence-electron chi connectivity index (χ1n) is 9.23. The summed E-state index contributed by atoms with van der Waals surface area (Å²) in [5.74, 6) is -0.360. The highest BCUT2D eigenvalue weighted by Crippen LogP contribution is 2.19. The van der Waals surface area contributed by atoms with Gasteiger partial charge in [-0.15, -0.1) is 0 Å². The van der Waals surface area contributed by atoms with Crippen molar-refractivity contribution >= 4 is 28.8 Å². The van der Waals surface area contributed by atoms with Crippen LogP contribution in [0.4, 0.5) is 5.69 Å². The van der Waals surface area contributed by atoms with Crippen molar-refractivity contribution in [1.29, 1.82) is 0 Å². The summed E-state index contributed by atoms with van der Waals surface area (Å²) in [4.78, 5) is 43.2. The van der Waals surface area contributed by atoms with E-state index in [1.54, 1.807) is 58.0 Å². The summed E-state index contributed by atoms with van der Waals surface area (Å²) in [6, 6.07) is 12.0. The number of likely N-dealkylation sites (tertiary alicyclic amines) is 1. The molecule has 0 spiro atoms. The Bertz CT molecular complexity index is 1060. The van der Waals surface area contributed by atoms with Crippen LogP contribution in [0.15, 0.2) is 48.7 Å². The number of amides is 2. The van der Waals surface area contributed by atoms with E-state index in [1.165, 1.54) is 6.92 Å². The fourth-order valence-electron chi connectivity index (χ4n) is 3.40. The zero-order chi connectivity index (χ0) is 19.7. The third-order valence-corrected chi connectivity index (χ3v) is 4.90. The number of imidazole rings is 1. The van der Waals surface area contributed by atoms with Gasteiger partial charge in [-0.2, -0.15) is 0 Å². The zero-order valence-corrected chi connectivity index (χ0v) is 15.5. The quantitative estimate of drug-likeness (QED) is 0.710. The lowest BCUT2D eigenvalue weighted by molar-refractivity contribution is 0.0780. The first-order valence-corrected chi connectivity index (χ1v) is 9.23. The summed E-state index contributed by atoms with van der Waals surface area (Å²) in [5.41, 5.74) is 1.89. The van der Waals surface area contributed by atoms with Gasteiger partial charge < -0.3 is 10.2 Å². The van der Waals surface area contributed by atoms with Crippen LogP contribution in [0.1, 0.15) is 51.2 Å². The Morgan fingerprint density at radius 3 is 2.39 bits per heavy atom. The normalized spacial score (nSPS) is 13.7. The van der Waals surface area contributed by atoms with E-state index in [9.17, 15) is 14.4 Å². The molecule has 0 unspecified atom stereocenters. The number of fused-ring (bicyclic) bond motifs is 1. The molecule has 0 radical (unpaired) electrons. The second kappa shape index (κ2) is 7.26. The molecule has 0 bridgehead atoms. The van der Waals surface area contributed by atoms with E-state index >= 15 is 0 Å². The molecule has 2 amide bonds. The van der Waals surface area contributed by atoms with E-state index in [0.29, 0.717) is 29.9 Å². The molecule has 3 aromatic rings. The highest BCUT2D eigenvalue weighted by molar-refractivity contribution is 6.09.